The number of nitrogens with two attached hydrogens (primary N) is 1. The van der Waals surface area contributed by atoms with E-state index in [4.69, 9.17) is 15.5 Å². The molecule has 0 aliphatic heterocycles. The molecular weight excluding hydrogens is 276 g/mol. The van der Waals surface area contributed by atoms with E-state index in [-0.39, 0.29) is 0 Å². The van der Waals surface area contributed by atoms with Crippen LogP contribution in [0.5, 0.6) is 0 Å². The molecule has 22 heavy (non-hydrogen) atoms. The van der Waals surface area contributed by atoms with Crippen molar-refractivity contribution in [1.82, 2.24) is 10.6 Å². The lowest BCUT2D eigenvalue weighted by Gasteiger charge is -2.29. The van der Waals surface area contributed by atoms with Crippen LogP contribution in [0.1, 0.15) is 64.2 Å². The Balaban J connectivity index is 1.79. The Morgan fingerprint density at radius 1 is 0.864 bits per heavy atom. The van der Waals surface area contributed by atoms with E-state index in [1.165, 1.54) is 64.2 Å². The summed E-state index contributed by atoms with van der Waals surface area (Å²) in [5, 5.41) is 7.31. The average Bonchev–Trinajstić information content (AvgIpc) is 2.56. The molecule has 0 aromatic heterocycles. The molecule has 2 aliphatic carbocycles. The van der Waals surface area contributed by atoms with E-state index in [0.717, 1.165) is 5.96 Å². The zero-order valence-corrected chi connectivity index (χ0v) is 14.0. The molecule has 0 spiro atoms. The fourth-order valence-corrected chi connectivity index (χ4v) is 3.42. The van der Waals surface area contributed by atoms with Crippen molar-refractivity contribution in [2.24, 2.45) is 10.7 Å². The summed E-state index contributed by atoms with van der Waals surface area (Å²) in [7, 11) is 0. The quantitative estimate of drug-likeness (QED) is 0.383. The molecule has 0 bridgehead atoms. The van der Waals surface area contributed by atoms with Crippen LogP contribution in [0.4, 0.5) is 0 Å². The zero-order chi connectivity index (χ0) is 15.5. The molecule has 2 fully saturated rings. The fraction of sp³-hybridized carbons (Fsp3) is 0.941. The molecule has 2 rings (SSSR count). The lowest BCUT2D eigenvalue weighted by atomic mass is 9.95. The van der Waals surface area contributed by atoms with Gasteiger partial charge in [0.2, 0.25) is 0 Å². The van der Waals surface area contributed by atoms with Gasteiger partial charge in [0.05, 0.1) is 19.8 Å². The second-order valence-electron chi connectivity index (χ2n) is 6.59. The summed E-state index contributed by atoms with van der Waals surface area (Å²) in [6.07, 6.45) is 13.2. The van der Waals surface area contributed by atoms with Crippen molar-refractivity contribution in [3.63, 3.8) is 0 Å². The molecule has 0 amide bonds. The number of hydrogen-bond acceptors (Lipinski definition) is 3. The van der Waals surface area contributed by atoms with E-state index in [2.05, 4.69) is 10.6 Å². The van der Waals surface area contributed by atoms with Crippen LogP contribution in [0.3, 0.4) is 0 Å². The molecule has 2 saturated carbocycles. The van der Waals surface area contributed by atoms with E-state index in [1.807, 2.05) is 0 Å². The largest absolute Gasteiger partial charge is 0.378 e. The predicted molar refractivity (Wildman–Crippen MR) is 92.2 cm³/mol. The Bertz CT molecular complexity index is 288. The lowest BCUT2D eigenvalue weighted by molar-refractivity contribution is 0.149. The van der Waals surface area contributed by atoms with E-state index in [1.54, 1.807) is 0 Å². The number of nitrogens with zero attached hydrogens (tertiary/aromatic N) is 1. The van der Waals surface area contributed by atoms with Gasteiger partial charge in [-0.2, -0.15) is 0 Å². The summed E-state index contributed by atoms with van der Waals surface area (Å²) >= 11 is 0. The molecule has 0 aromatic rings. The maximum Gasteiger partial charge on any atom is 0.191 e. The third-order valence-corrected chi connectivity index (χ3v) is 4.66. The predicted octanol–water partition coefficient (Wildman–Crippen LogP) is 2.16. The zero-order valence-electron chi connectivity index (χ0n) is 14.0. The second-order valence-corrected chi connectivity index (χ2v) is 6.59. The number of hydrogen-bond donors (Lipinski definition) is 3. The summed E-state index contributed by atoms with van der Waals surface area (Å²) in [6, 6.07) is 1.18. The van der Waals surface area contributed by atoms with Gasteiger partial charge in [-0.25, -0.2) is 0 Å². The third-order valence-electron chi connectivity index (χ3n) is 4.66. The molecule has 4 N–H and O–H groups in total. The first-order valence-electron chi connectivity index (χ1n) is 9.24. The Hall–Kier alpha value is -0.810. The van der Waals surface area contributed by atoms with Crippen LogP contribution < -0.4 is 16.4 Å². The fourth-order valence-electron chi connectivity index (χ4n) is 3.42. The Morgan fingerprint density at radius 2 is 1.41 bits per heavy atom. The molecular formula is C17H34N4O. The van der Waals surface area contributed by atoms with Crippen molar-refractivity contribution >= 4 is 5.96 Å². The maximum absolute atomic E-state index is 5.43. The lowest BCUT2D eigenvalue weighted by Crippen LogP contribution is -2.48. The summed E-state index contributed by atoms with van der Waals surface area (Å²) < 4.78 is 5.43. The van der Waals surface area contributed by atoms with Gasteiger partial charge in [-0.1, -0.05) is 38.5 Å². The van der Waals surface area contributed by atoms with E-state index in [0.29, 0.717) is 38.4 Å². The Morgan fingerprint density at radius 3 is 1.91 bits per heavy atom. The van der Waals surface area contributed by atoms with Gasteiger partial charge in [-0.15, -0.1) is 0 Å². The van der Waals surface area contributed by atoms with E-state index < -0.39 is 0 Å². The first-order valence-corrected chi connectivity index (χ1v) is 9.24. The molecule has 0 radical (unpaired) electrons. The first kappa shape index (κ1) is 17.5. The van der Waals surface area contributed by atoms with Gasteiger partial charge in [0, 0.05) is 18.6 Å². The van der Waals surface area contributed by atoms with Crippen molar-refractivity contribution in [2.45, 2.75) is 76.3 Å². The molecule has 128 valence electrons. The SMILES string of the molecule is NCCOCCN=C(NC1CCCCC1)NC1CCCCC1. The van der Waals surface area contributed by atoms with Crippen molar-refractivity contribution < 1.29 is 4.74 Å². The van der Waals surface area contributed by atoms with Crippen molar-refractivity contribution in [1.29, 1.82) is 0 Å². The van der Waals surface area contributed by atoms with Gasteiger partial charge in [0.15, 0.2) is 5.96 Å². The molecule has 0 saturated heterocycles. The summed E-state index contributed by atoms with van der Waals surface area (Å²) in [4.78, 5) is 4.71. The van der Waals surface area contributed by atoms with Crippen LogP contribution in [-0.2, 0) is 4.74 Å². The molecule has 5 nitrogen and oxygen atoms in total. The minimum Gasteiger partial charge on any atom is -0.378 e. The minimum absolute atomic E-state index is 0.581. The van der Waals surface area contributed by atoms with Crippen LogP contribution >= 0.6 is 0 Å². The Labute approximate surface area is 135 Å². The van der Waals surface area contributed by atoms with Gasteiger partial charge in [-0.05, 0) is 25.7 Å². The van der Waals surface area contributed by atoms with Crippen LogP contribution in [0.15, 0.2) is 4.99 Å². The second kappa shape index (κ2) is 10.8. The summed E-state index contributed by atoms with van der Waals surface area (Å²) in [5.74, 6) is 0.996. The highest BCUT2D eigenvalue weighted by atomic mass is 16.5. The monoisotopic (exact) mass is 310 g/mol. The van der Waals surface area contributed by atoms with Gasteiger partial charge in [0.25, 0.3) is 0 Å². The number of rotatable bonds is 7. The molecule has 0 atom stereocenters. The molecule has 0 heterocycles. The van der Waals surface area contributed by atoms with Crippen molar-refractivity contribution in [3.05, 3.63) is 0 Å². The number of guanidine groups is 1. The van der Waals surface area contributed by atoms with Crippen LogP contribution in [-0.4, -0.2) is 44.3 Å². The van der Waals surface area contributed by atoms with Crippen molar-refractivity contribution in [2.75, 3.05) is 26.3 Å². The normalized spacial score (nSPS) is 20.6. The van der Waals surface area contributed by atoms with E-state index in [9.17, 15) is 0 Å². The van der Waals surface area contributed by atoms with Crippen molar-refractivity contribution in [3.8, 4) is 0 Å². The highest BCUT2D eigenvalue weighted by molar-refractivity contribution is 5.80. The Kier molecular flexibility index (Phi) is 8.64. The van der Waals surface area contributed by atoms with Gasteiger partial charge in [-0.3, -0.25) is 4.99 Å². The topological polar surface area (TPSA) is 71.7 Å². The van der Waals surface area contributed by atoms with Crippen LogP contribution in [0.2, 0.25) is 0 Å². The molecule has 5 heteroatoms. The van der Waals surface area contributed by atoms with Crippen LogP contribution in [0, 0.1) is 0 Å². The maximum atomic E-state index is 5.43. The molecule has 2 aliphatic rings. The molecule has 0 aromatic carbocycles. The number of aliphatic imine (C=N–C) groups is 1. The van der Waals surface area contributed by atoms with E-state index >= 15 is 0 Å². The summed E-state index contributed by atoms with van der Waals surface area (Å²) in [5.41, 5.74) is 5.43. The smallest absolute Gasteiger partial charge is 0.191 e. The number of ether oxygens (including phenoxy) is 1. The van der Waals surface area contributed by atoms with Crippen LogP contribution in [0.25, 0.3) is 0 Å². The minimum atomic E-state index is 0.581. The standard InChI is InChI=1S/C17H34N4O/c18-11-13-22-14-12-19-17(20-15-7-3-1-4-8-15)21-16-9-5-2-6-10-16/h15-16H,1-14,18H2,(H2,19,20,21). The van der Waals surface area contributed by atoms with Gasteiger partial charge < -0.3 is 21.1 Å². The first-order chi connectivity index (χ1) is 10.9. The number of nitrogens with one attached hydrogen (secondary N) is 2. The van der Waals surface area contributed by atoms with Gasteiger partial charge in [0.1, 0.15) is 0 Å². The molecule has 0 unspecified atom stereocenters. The average molecular weight is 310 g/mol. The highest BCUT2D eigenvalue weighted by Gasteiger charge is 2.18. The highest BCUT2D eigenvalue weighted by Crippen LogP contribution is 2.19. The van der Waals surface area contributed by atoms with Gasteiger partial charge >= 0.3 is 0 Å². The third kappa shape index (κ3) is 6.97. The summed E-state index contributed by atoms with van der Waals surface area (Å²) in [6.45, 7) is 2.56.